The molecule has 4 heteroatoms. The fourth-order valence-electron chi connectivity index (χ4n) is 2.22. The van der Waals surface area contributed by atoms with Crippen LogP contribution >= 0.6 is 0 Å². The Balaban J connectivity index is 2.17. The molecule has 21 heavy (non-hydrogen) atoms. The van der Waals surface area contributed by atoms with Crippen LogP contribution in [0.4, 0.5) is 0 Å². The van der Waals surface area contributed by atoms with Crippen LogP contribution in [0.2, 0.25) is 0 Å². The van der Waals surface area contributed by atoms with Crippen molar-refractivity contribution in [3.8, 4) is 0 Å². The SMILES string of the molecule is Cn1c(=O)c(/C=C(/O)c2ccccc2)nc2ccccc21. The van der Waals surface area contributed by atoms with E-state index in [1.165, 1.54) is 10.6 Å². The average Bonchev–Trinajstić information content (AvgIpc) is 2.53. The van der Waals surface area contributed by atoms with Gasteiger partial charge >= 0.3 is 0 Å². The molecular weight excluding hydrogens is 264 g/mol. The Morgan fingerprint density at radius 2 is 1.76 bits per heavy atom. The molecule has 1 aromatic heterocycles. The van der Waals surface area contributed by atoms with Crippen molar-refractivity contribution in [3.63, 3.8) is 0 Å². The highest BCUT2D eigenvalue weighted by Crippen LogP contribution is 2.14. The second-order valence-electron chi connectivity index (χ2n) is 4.75. The summed E-state index contributed by atoms with van der Waals surface area (Å²) < 4.78 is 1.53. The Morgan fingerprint density at radius 1 is 1.10 bits per heavy atom. The monoisotopic (exact) mass is 278 g/mol. The molecule has 0 saturated heterocycles. The molecule has 0 radical (unpaired) electrons. The van der Waals surface area contributed by atoms with Crippen molar-refractivity contribution in [2.24, 2.45) is 7.05 Å². The number of nitrogens with zero attached hydrogens (tertiary/aromatic N) is 2. The Morgan fingerprint density at radius 3 is 2.52 bits per heavy atom. The minimum absolute atomic E-state index is 0.0236. The lowest BCUT2D eigenvalue weighted by Crippen LogP contribution is -2.21. The van der Waals surface area contributed by atoms with Gasteiger partial charge in [0.25, 0.3) is 5.56 Å². The third kappa shape index (κ3) is 2.43. The average molecular weight is 278 g/mol. The fraction of sp³-hybridized carbons (Fsp3) is 0.0588. The first-order chi connectivity index (χ1) is 10.2. The van der Waals surface area contributed by atoms with Crippen molar-refractivity contribution in [1.29, 1.82) is 0 Å². The van der Waals surface area contributed by atoms with Crippen LogP contribution in [0.1, 0.15) is 11.3 Å². The maximum absolute atomic E-state index is 12.3. The van der Waals surface area contributed by atoms with Crippen molar-refractivity contribution < 1.29 is 5.11 Å². The largest absolute Gasteiger partial charge is 0.507 e. The maximum Gasteiger partial charge on any atom is 0.276 e. The van der Waals surface area contributed by atoms with Crippen LogP contribution in [-0.2, 0) is 7.05 Å². The Hall–Kier alpha value is -2.88. The third-order valence-corrected chi connectivity index (χ3v) is 3.35. The normalized spacial score (nSPS) is 11.8. The van der Waals surface area contributed by atoms with Gasteiger partial charge in [-0.2, -0.15) is 0 Å². The number of aliphatic hydroxyl groups is 1. The van der Waals surface area contributed by atoms with Gasteiger partial charge < -0.3 is 9.67 Å². The van der Waals surface area contributed by atoms with Crippen LogP contribution in [0.25, 0.3) is 22.9 Å². The van der Waals surface area contributed by atoms with Gasteiger partial charge in [0.05, 0.1) is 11.0 Å². The summed E-state index contributed by atoms with van der Waals surface area (Å²) >= 11 is 0. The summed E-state index contributed by atoms with van der Waals surface area (Å²) in [6.45, 7) is 0. The minimum Gasteiger partial charge on any atom is -0.507 e. The number of benzene rings is 2. The van der Waals surface area contributed by atoms with Gasteiger partial charge in [-0.15, -0.1) is 0 Å². The van der Waals surface area contributed by atoms with E-state index in [9.17, 15) is 9.90 Å². The smallest absolute Gasteiger partial charge is 0.276 e. The van der Waals surface area contributed by atoms with Crippen LogP contribution < -0.4 is 5.56 Å². The van der Waals surface area contributed by atoms with Crippen molar-refractivity contribution in [2.75, 3.05) is 0 Å². The standard InChI is InChI=1S/C17H14N2O2/c1-19-15-10-6-5-9-13(15)18-14(17(19)21)11-16(20)12-7-3-2-4-8-12/h2-11,20H,1H3/b16-11+. The van der Waals surface area contributed by atoms with Gasteiger partial charge in [-0.25, -0.2) is 4.98 Å². The molecule has 1 N–H and O–H groups in total. The van der Waals surface area contributed by atoms with Crippen molar-refractivity contribution in [3.05, 3.63) is 76.2 Å². The predicted molar refractivity (Wildman–Crippen MR) is 83.9 cm³/mol. The van der Waals surface area contributed by atoms with Gasteiger partial charge in [0.15, 0.2) is 0 Å². The van der Waals surface area contributed by atoms with Crippen LogP contribution in [0.5, 0.6) is 0 Å². The summed E-state index contributed by atoms with van der Waals surface area (Å²) in [5.41, 5.74) is 2.11. The molecule has 0 aliphatic rings. The molecule has 4 nitrogen and oxygen atoms in total. The summed E-state index contributed by atoms with van der Waals surface area (Å²) in [6.07, 6.45) is 1.41. The molecule has 3 rings (SSSR count). The molecule has 0 spiro atoms. The molecule has 0 amide bonds. The van der Waals surface area contributed by atoms with Crippen LogP contribution in [0, 0.1) is 0 Å². The molecule has 1 heterocycles. The van der Waals surface area contributed by atoms with E-state index >= 15 is 0 Å². The summed E-state index contributed by atoms with van der Waals surface area (Å²) in [4.78, 5) is 16.6. The Labute approximate surface area is 121 Å². The summed E-state index contributed by atoms with van der Waals surface area (Å²) in [5, 5.41) is 10.1. The molecule has 0 unspecified atom stereocenters. The molecule has 0 aliphatic carbocycles. The van der Waals surface area contributed by atoms with E-state index in [2.05, 4.69) is 4.98 Å². The molecule has 3 aromatic rings. The van der Waals surface area contributed by atoms with E-state index in [1.807, 2.05) is 42.5 Å². The first-order valence-corrected chi connectivity index (χ1v) is 6.58. The van der Waals surface area contributed by atoms with Gasteiger partial charge in [-0.1, -0.05) is 42.5 Å². The second-order valence-corrected chi connectivity index (χ2v) is 4.75. The van der Waals surface area contributed by atoms with Gasteiger partial charge in [0.2, 0.25) is 0 Å². The number of hydrogen-bond donors (Lipinski definition) is 1. The zero-order chi connectivity index (χ0) is 14.8. The van der Waals surface area contributed by atoms with Crippen LogP contribution in [-0.4, -0.2) is 14.7 Å². The molecule has 0 bridgehead atoms. The number of aliphatic hydroxyl groups excluding tert-OH is 1. The predicted octanol–water partition coefficient (Wildman–Crippen LogP) is 2.99. The highest BCUT2D eigenvalue weighted by Gasteiger charge is 2.08. The number of fused-ring (bicyclic) bond motifs is 1. The van der Waals surface area contributed by atoms with E-state index in [0.29, 0.717) is 11.1 Å². The van der Waals surface area contributed by atoms with Gasteiger partial charge in [-0.3, -0.25) is 4.79 Å². The number of hydrogen-bond acceptors (Lipinski definition) is 3. The van der Waals surface area contributed by atoms with Gasteiger partial charge in [-0.05, 0) is 12.1 Å². The van der Waals surface area contributed by atoms with Crippen molar-refractivity contribution in [2.45, 2.75) is 0 Å². The van der Waals surface area contributed by atoms with Crippen LogP contribution in [0.3, 0.4) is 0 Å². The number of rotatable bonds is 2. The van der Waals surface area contributed by atoms with Crippen LogP contribution in [0.15, 0.2) is 59.4 Å². The topological polar surface area (TPSA) is 55.1 Å². The first kappa shape index (κ1) is 13.1. The lowest BCUT2D eigenvalue weighted by Gasteiger charge is -2.06. The fourth-order valence-corrected chi connectivity index (χ4v) is 2.22. The molecule has 104 valence electrons. The molecule has 0 fully saturated rings. The number of aromatic nitrogens is 2. The summed E-state index contributed by atoms with van der Waals surface area (Å²) in [7, 11) is 1.70. The first-order valence-electron chi connectivity index (χ1n) is 6.58. The summed E-state index contributed by atoms with van der Waals surface area (Å²) in [6, 6.07) is 16.5. The highest BCUT2D eigenvalue weighted by atomic mass is 16.3. The lowest BCUT2D eigenvalue weighted by atomic mass is 10.1. The van der Waals surface area contributed by atoms with E-state index in [0.717, 1.165) is 5.52 Å². The zero-order valence-electron chi connectivity index (χ0n) is 11.5. The lowest BCUT2D eigenvalue weighted by molar-refractivity contribution is 0.515. The number of aryl methyl sites for hydroxylation is 1. The van der Waals surface area contributed by atoms with E-state index in [-0.39, 0.29) is 17.0 Å². The molecule has 0 saturated carbocycles. The maximum atomic E-state index is 12.3. The zero-order valence-corrected chi connectivity index (χ0v) is 11.5. The van der Waals surface area contributed by atoms with Gasteiger partial charge in [0, 0.05) is 18.7 Å². The molecule has 2 aromatic carbocycles. The van der Waals surface area contributed by atoms with E-state index in [1.54, 1.807) is 19.2 Å². The molecular formula is C17H14N2O2. The highest BCUT2D eigenvalue weighted by molar-refractivity contribution is 5.79. The third-order valence-electron chi connectivity index (χ3n) is 3.35. The number of para-hydroxylation sites is 2. The molecule has 0 aliphatic heterocycles. The van der Waals surface area contributed by atoms with E-state index in [4.69, 9.17) is 0 Å². The Bertz CT molecular complexity index is 880. The minimum atomic E-state index is -0.240. The van der Waals surface area contributed by atoms with Crippen molar-refractivity contribution >= 4 is 22.9 Å². The van der Waals surface area contributed by atoms with Crippen molar-refractivity contribution in [1.82, 2.24) is 9.55 Å². The van der Waals surface area contributed by atoms with Gasteiger partial charge in [0.1, 0.15) is 11.5 Å². The Kier molecular flexibility index (Phi) is 3.28. The summed E-state index contributed by atoms with van der Waals surface area (Å²) in [5.74, 6) is 0.0236. The quantitative estimate of drug-likeness (QED) is 0.733. The molecule has 0 atom stereocenters. The van der Waals surface area contributed by atoms with E-state index < -0.39 is 0 Å². The second kappa shape index (κ2) is 5.25.